The average molecular weight is 387 g/mol. The molecule has 0 spiro atoms. The van der Waals surface area contributed by atoms with Crippen molar-refractivity contribution in [1.29, 1.82) is 0 Å². The maximum Gasteiger partial charge on any atom is 0.181 e. The quantitative estimate of drug-likeness (QED) is 0.546. The first-order chi connectivity index (χ1) is 13.4. The van der Waals surface area contributed by atoms with Gasteiger partial charge in [0.15, 0.2) is 17.2 Å². The summed E-state index contributed by atoms with van der Waals surface area (Å²) in [5, 5.41) is 30.8. The lowest BCUT2D eigenvalue weighted by Crippen LogP contribution is -2.63. The molecular formula is C19H25N5O4. The Morgan fingerprint density at radius 1 is 1.29 bits per heavy atom. The van der Waals surface area contributed by atoms with Gasteiger partial charge in [0.2, 0.25) is 0 Å². The summed E-state index contributed by atoms with van der Waals surface area (Å²) in [6.45, 7) is 3.48. The number of fused-ring (bicyclic) bond motifs is 1. The van der Waals surface area contributed by atoms with Gasteiger partial charge in [0, 0.05) is 11.5 Å². The predicted molar refractivity (Wildman–Crippen MR) is 104 cm³/mol. The Balaban J connectivity index is 1.75. The molecule has 4 rings (SSSR count). The van der Waals surface area contributed by atoms with Crippen molar-refractivity contribution in [2.75, 3.05) is 13.3 Å². The lowest BCUT2D eigenvalue weighted by atomic mass is 9.88. The lowest BCUT2D eigenvalue weighted by molar-refractivity contribution is -0.186. The van der Waals surface area contributed by atoms with Crippen molar-refractivity contribution in [1.82, 2.24) is 4.90 Å². The fourth-order valence-corrected chi connectivity index (χ4v) is 4.23. The van der Waals surface area contributed by atoms with E-state index in [0.29, 0.717) is 11.5 Å². The van der Waals surface area contributed by atoms with E-state index in [1.807, 2.05) is 44.2 Å². The van der Waals surface area contributed by atoms with E-state index < -0.39 is 36.3 Å². The molecule has 1 aromatic carbocycles. The van der Waals surface area contributed by atoms with Crippen molar-refractivity contribution in [3.63, 3.8) is 0 Å². The highest BCUT2D eigenvalue weighted by atomic mass is 16.6. The van der Waals surface area contributed by atoms with E-state index in [4.69, 9.17) is 10.5 Å². The van der Waals surface area contributed by atoms with Gasteiger partial charge in [-0.05, 0) is 0 Å². The fraction of sp³-hybridized carbons (Fsp3) is 0.526. The molecule has 0 aliphatic carbocycles. The van der Waals surface area contributed by atoms with Crippen LogP contribution in [0.4, 0.5) is 0 Å². The molecule has 1 saturated heterocycles. The smallest absolute Gasteiger partial charge is 0.181 e. The summed E-state index contributed by atoms with van der Waals surface area (Å²) in [5.41, 5.74) is 5.36. The first kappa shape index (κ1) is 19.2. The molecule has 0 saturated carbocycles. The molecule has 3 aliphatic rings. The Morgan fingerprint density at radius 3 is 2.61 bits per heavy atom. The average Bonchev–Trinajstić information content (AvgIpc) is 3.24. The van der Waals surface area contributed by atoms with E-state index in [2.05, 4.69) is 15.0 Å². The first-order valence-electron chi connectivity index (χ1n) is 9.30. The minimum Gasteiger partial charge on any atom is -0.394 e. The molecule has 0 unspecified atom stereocenters. The van der Waals surface area contributed by atoms with Gasteiger partial charge in [0.1, 0.15) is 37.0 Å². The zero-order chi connectivity index (χ0) is 20.1. The first-order valence-corrected chi connectivity index (χ1v) is 9.30. The lowest BCUT2D eigenvalue weighted by Gasteiger charge is -2.45. The van der Waals surface area contributed by atoms with Crippen LogP contribution in [0, 0.1) is 5.92 Å². The third kappa shape index (κ3) is 2.48. The van der Waals surface area contributed by atoms with Crippen LogP contribution >= 0.6 is 0 Å². The maximum atomic E-state index is 10.9. The number of benzene rings is 1. The van der Waals surface area contributed by atoms with Gasteiger partial charge in [-0.1, -0.05) is 44.2 Å². The van der Waals surface area contributed by atoms with Crippen LogP contribution in [0.2, 0.25) is 0 Å². The third-order valence-corrected chi connectivity index (χ3v) is 5.75. The minimum atomic E-state index is -1.31. The van der Waals surface area contributed by atoms with E-state index in [9.17, 15) is 15.3 Å². The second kappa shape index (κ2) is 6.71. The number of aliphatic hydroxyl groups is 3. The number of ether oxygens (including phenoxy) is 1. The Morgan fingerprint density at radius 2 is 2.00 bits per heavy atom. The van der Waals surface area contributed by atoms with E-state index in [0.717, 1.165) is 5.56 Å². The van der Waals surface area contributed by atoms with Crippen molar-refractivity contribution in [2.45, 2.75) is 43.5 Å². The zero-order valence-electron chi connectivity index (χ0n) is 15.8. The summed E-state index contributed by atoms with van der Waals surface area (Å²) < 4.78 is 6.03. The highest BCUT2D eigenvalue weighted by Crippen LogP contribution is 2.43. The number of aliphatic imine (C=N–C) groups is 3. The molecule has 1 fully saturated rings. The molecule has 0 aromatic heterocycles. The second-order valence-electron chi connectivity index (χ2n) is 7.59. The number of rotatable bonds is 4. The number of nitrogens with zero attached hydrogens (tertiary/aromatic N) is 4. The summed E-state index contributed by atoms with van der Waals surface area (Å²) in [4.78, 5) is 15.1. The van der Waals surface area contributed by atoms with Crippen molar-refractivity contribution < 1.29 is 20.1 Å². The van der Waals surface area contributed by atoms with Crippen LogP contribution in [0.25, 0.3) is 0 Å². The van der Waals surface area contributed by atoms with Gasteiger partial charge in [-0.15, -0.1) is 0 Å². The summed E-state index contributed by atoms with van der Waals surface area (Å²) in [5.74, 6) is 0.202. The van der Waals surface area contributed by atoms with E-state index in [1.54, 1.807) is 4.90 Å². The number of amidine groups is 1. The van der Waals surface area contributed by atoms with Crippen LogP contribution in [0.15, 0.2) is 45.3 Å². The Kier molecular flexibility index (Phi) is 4.59. The van der Waals surface area contributed by atoms with Crippen LogP contribution in [0.5, 0.6) is 0 Å². The Bertz CT molecular complexity index is 842. The van der Waals surface area contributed by atoms with Gasteiger partial charge in [0.05, 0.1) is 6.61 Å². The molecule has 0 radical (unpaired) electrons. The van der Waals surface area contributed by atoms with Crippen LogP contribution in [0.3, 0.4) is 0 Å². The molecule has 0 amide bonds. The summed E-state index contributed by atoms with van der Waals surface area (Å²) in [6.07, 6.45) is -2.01. The van der Waals surface area contributed by atoms with Crippen LogP contribution < -0.4 is 5.73 Å². The molecule has 9 nitrogen and oxygen atoms in total. The maximum absolute atomic E-state index is 10.9. The van der Waals surface area contributed by atoms with Crippen LogP contribution in [-0.4, -0.2) is 75.4 Å². The van der Waals surface area contributed by atoms with Gasteiger partial charge < -0.3 is 25.0 Å². The highest BCUT2D eigenvalue weighted by molar-refractivity contribution is 6.47. The van der Waals surface area contributed by atoms with Gasteiger partial charge in [0.25, 0.3) is 0 Å². The van der Waals surface area contributed by atoms with Gasteiger partial charge in [-0.3, -0.25) is 10.7 Å². The Labute approximate surface area is 162 Å². The van der Waals surface area contributed by atoms with Crippen LogP contribution in [0.1, 0.15) is 19.4 Å². The number of hydrogen-bond donors (Lipinski definition) is 4. The molecule has 28 heavy (non-hydrogen) atoms. The largest absolute Gasteiger partial charge is 0.394 e. The van der Waals surface area contributed by atoms with Crippen molar-refractivity contribution in [2.24, 2.45) is 26.6 Å². The molecule has 0 bridgehead atoms. The van der Waals surface area contributed by atoms with E-state index >= 15 is 0 Å². The van der Waals surface area contributed by atoms with E-state index in [-0.39, 0.29) is 12.6 Å². The standard InChI is InChI=1S/C19H25N5O4/c1-11(2)19(16(27)14(26)13(8-25)28-19)24-10-22-15-17(24)21-9-23-18(15,20)12-6-4-3-5-7-12/h3-7,9,11,13-14,16,25-27H,8,10,20H2,1-2H3/t13-,14-,16-,18-,19-/m1/s1. The van der Waals surface area contributed by atoms with Crippen molar-refractivity contribution in [3.05, 3.63) is 35.9 Å². The molecule has 3 aliphatic heterocycles. The molecule has 5 atom stereocenters. The monoisotopic (exact) mass is 387 g/mol. The SMILES string of the molecule is CC(C)[C@@]1(N2CN=C3C2=NC=N[C@]3(N)c2ccccc2)O[C@H](CO)[C@@H](O)[C@H]1O. The summed E-state index contributed by atoms with van der Waals surface area (Å²) in [6, 6.07) is 9.38. The van der Waals surface area contributed by atoms with Crippen LogP contribution in [-0.2, 0) is 10.4 Å². The molecule has 5 N–H and O–H groups in total. The van der Waals surface area contributed by atoms with Gasteiger partial charge in [-0.25, -0.2) is 9.98 Å². The van der Waals surface area contributed by atoms with Gasteiger partial charge in [-0.2, -0.15) is 0 Å². The topological polar surface area (TPSA) is 136 Å². The Hall–Kier alpha value is -2.17. The second-order valence-corrected chi connectivity index (χ2v) is 7.59. The molecule has 150 valence electrons. The van der Waals surface area contributed by atoms with Crippen molar-refractivity contribution in [3.8, 4) is 0 Å². The fourth-order valence-electron chi connectivity index (χ4n) is 4.23. The highest BCUT2D eigenvalue weighted by Gasteiger charge is 2.62. The van der Waals surface area contributed by atoms with E-state index in [1.165, 1.54) is 6.34 Å². The predicted octanol–water partition coefficient (Wildman–Crippen LogP) is -0.582. The minimum absolute atomic E-state index is 0.142. The third-order valence-electron chi connectivity index (χ3n) is 5.75. The molecular weight excluding hydrogens is 362 g/mol. The molecule has 1 aromatic rings. The number of nitrogens with two attached hydrogens (primary N) is 1. The number of aliphatic hydroxyl groups excluding tert-OH is 3. The van der Waals surface area contributed by atoms with Gasteiger partial charge >= 0.3 is 0 Å². The summed E-state index contributed by atoms with van der Waals surface area (Å²) >= 11 is 0. The molecule has 9 heteroatoms. The molecule has 3 heterocycles. The summed E-state index contributed by atoms with van der Waals surface area (Å²) in [7, 11) is 0. The zero-order valence-corrected chi connectivity index (χ0v) is 15.8. The van der Waals surface area contributed by atoms with Crippen molar-refractivity contribution >= 4 is 17.9 Å². The normalized spacial score (nSPS) is 37.2. The number of hydrogen-bond acceptors (Lipinski definition) is 9.